The van der Waals surface area contributed by atoms with Gasteiger partial charge in [0.15, 0.2) is 0 Å². The molecule has 0 saturated heterocycles. The van der Waals surface area contributed by atoms with Gasteiger partial charge in [0, 0.05) is 102 Å². The summed E-state index contributed by atoms with van der Waals surface area (Å²) in [7, 11) is 4.66. The maximum atomic E-state index is 13.4. The van der Waals surface area contributed by atoms with Crippen LogP contribution in [-0.4, -0.2) is 104 Å². The van der Waals surface area contributed by atoms with E-state index in [1.165, 1.54) is 64.0 Å². The topological polar surface area (TPSA) is 149 Å². The summed E-state index contributed by atoms with van der Waals surface area (Å²) in [5, 5.41) is 0. The van der Waals surface area contributed by atoms with E-state index in [0.717, 1.165) is 13.7 Å². The number of hydrogen-bond donors (Lipinski definition) is 0. The highest BCUT2D eigenvalue weighted by Crippen LogP contribution is 2.17. The first kappa shape index (κ1) is 35.7. The van der Waals surface area contributed by atoms with E-state index in [2.05, 4.69) is 0 Å². The van der Waals surface area contributed by atoms with Crippen LogP contribution in [0.4, 0.5) is 0 Å². The van der Waals surface area contributed by atoms with Crippen LogP contribution in [0.5, 0.6) is 0 Å². The average Bonchev–Trinajstić information content (AvgIpc) is 2.97. The highest BCUT2D eigenvalue weighted by atomic mass is 28.4. The standard InChI is InChI=1S/C21H45N3O12Si3/c1-28-37(29-2,30-3)16-10-13-22-19(25)23(14-11-17-38(31-4,32-5)33-6)21(27)24(20(22)26)15-12-18-39(34-7,35-8)36-9/h10-18H2,1-9H3. The van der Waals surface area contributed by atoms with Crippen molar-refractivity contribution in [2.24, 2.45) is 0 Å². The van der Waals surface area contributed by atoms with Crippen LogP contribution >= 0.6 is 0 Å². The summed E-state index contributed by atoms with van der Waals surface area (Å²) in [4.78, 5) is 40.1. The lowest BCUT2D eigenvalue weighted by molar-refractivity contribution is 0.122. The maximum absolute atomic E-state index is 13.4. The van der Waals surface area contributed by atoms with Gasteiger partial charge < -0.3 is 39.8 Å². The van der Waals surface area contributed by atoms with Crippen molar-refractivity contribution in [3.8, 4) is 0 Å². The molecule has 0 aliphatic carbocycles. The summed E-state index contributed by atoms with van der Waals surface area (Å²) in [5.41, 5.74) is -2.10. The molecule has 0 amide bonds. The first-order valence-electron chi connectivity index (χ1n) is 12.5. The molecule has 1 aromatic rings. The van der Waals surface area contributed by atoms with Gasteiger partial charge in [-0.05, 0) is 19.3 Å². The van der Waals surface area contributed by atoms with E-state index >= 15 is 0 Å². The third-order valence-electron chi connectivity index (χ3n) is 6.78. The summed E-state index contributed by atoms with van der Waals surface area (Å²) in [6, 6.07) is 1.11. The molecule has 0 aromatic carbocycles. The van der Waals surface area contributed by atoms with E-state index in [1.54, 1.807) is 0 Å². The molecule has 228 valence electrons. The summed E-state index contributed by atoms with van der Waals surface area (Å²) < 4.78 is 52.1. The van der Waals surface area contributed by atoms with Crippen molar-refractivity contribution in [3.63, 3.8) is 0 Å². The summed E-state index contributed by atoms with van der Waals surface area (Å²) in [6.07, 6.45) is 1.07. The van der Waals surface area contributed by atoms with E-state index in [-0.39, 0.29) is 19.6 Å². The molecule has 39 heavy (non-hydrogen) atoms. The molecule has 0 unspecified atom stereocenters. The lowest BCUT2D eigenvalue weighted by Gasteiger charge is -2.25. The van der Waals surface area contributed by atoms with E-state index in [9.17, 15) is 14.4 Å². The van der Waals surface area contributed by atoms with Crippen LogP contribution in [0.25, 0.3) is 0 Å². The van der Waals surface area contributed by atoms with Crippen LogP contribution in [0, 0.1) is 0 Å². The fourth-order valence-electron chi connectivity index (χ4n) is 4.29. The minimum Gasteiger partial charge on any atom is -0.377 e. The van der Waals surface area contributed by atoms with Gasteiger partial charge in [-0.15, -0.1) is 0 Å². The Bertz CT molecular complexity index is 852. The number of aromatic nitrogens is 3. The molecule has 1 aromatic heterocycles. The van der Waals surface area contributed by atoms with Crippen LogP contribution in [0.2, 0.25) is 18.1 Å². The molecule has 0 fully saturated rings. The van der Waals surface area contributed by atoms with Crippen LogP contribution < -0.4 is 17.1 Å². The van der Waals surface area contributed by atoms with Crippen molar-refractivity contribution in [2.45, 2.75) is 57.0 Å². The van der Waals surface area contributed by atoms with Crippen LogP contribution in [-0.2, 0) is 59.5 Å². The van der Waals surface area contributed by atoms with Crippen LogP contribution in [0.15, 0.2) is 14.4 Å². The molecule has 0 atom stereocenters. The zero-order valence-corrected chi connectivity index (χ0v) is 27.6. The molecule has 0 saturated carbocycles. The van der Waals surface area contributed by atoms with E-state index in [4.69, 9.17) is 39.8 Å². The Morgan fingerprint density at radius 3 is 0.744 bits per heavy atom. The second-order valence-corrected chi connectivity index (χ2v) is 17.8. The third kappa shape index (κ3) is 8.84. The highest BCUT2D eigenvalue weighted by Gasteiger charge is 2.39. The summed E-state index contributed by atoms with van der Waals surface area (Å²) in [5.74, 6) is 0. The molecule has 1 rings (SSSR count). The number of nitrogens with zero attached hydrogens (tertiary/aromatic N) is 3. The van der Waals surface area contributed by atoms with Gasteiger partial charge in [-0.1, -0.05) is 0 Å². The van der Waals surface area contributed by atoms with Gasteiger partial charge in [0.2, 0.25) is 0 Å². The first-order chi connectivity index (χ1) is 18.6. The number of hydrogen-bond acceptors (Lipinski definition) is 12. The molecule has 18 heteroatoms. The molecule has 0 spiro atoms. The molecule has 15 nitrogen and oxygen atoms in total. The maximum Gasteiger partial charge on any atom is 0.500 e. The van der Waals surface area contributed by atoms with E-state index < -0.39 is 43.5 Å². The van der Waals surface area contributed by atoms with Gasteiger partial charge >= 0.3 is 43.5 Å². The second-order valence-electron chi connectivity index (χ2n) is 8.50. The normalized spacial score (nSPS) is 12.8. The molecule has 0 N–H and O–H groups in total. The predicted octanol–water partition coefficient (Wildman–Crippen LogP) is -0.0237. The zero-order chi connectivity index (χ0) is 29.7. The molecule has 0 radical (unpaired) electrons. The lowest BCUT2D eigenvalue weighted by Crippen LogP contribution is -2.55. The lowest BCUT2D eigenvalue weighted by atomic mass is 10.4. The SMILES string of the molecule is CO[Si](CCCn1c(=O)n(CCC[Si](OC)(OC)OC)c(=O)n(CCC[Si](OC)(OC)OC)c1=O)(OC)OC. The molecule has 1 heterocycles. The largest absolute Gasteiger partial charge is 0.500 e. The molecular formula is C21H45N3O12Si3. The molecular weight excluding hydrogens is 570 g/mol. The summed E-state index contributed by atoms with van der Waals surface area (Å²) in [6.45, 7) is 0.133. The summed E-state index contributed by atoms with van der Waals surface area (Å²) >= 11 is 0. The fraction of sp³-hybridized carbons (Fsp3) is 0.857. The van der Waals surface area contributed by atoms with Crippen molar-refractivity contribution in [3.05, 3.63) is 31.5 Å². The van der Waals surface area contributed by atoms with Gasteiger partial charge in [0.1, 0.15) is 0 Å². The Kier molecular flexibility index (Phi) is 15.4. The van der Waals surface area contributed by atoms with Gasteiger partial charge in [0.25, 0.3) is 0 Å². The van der Waals surface area contributed by atoms with E-state index in [0.29, 0.717) is 37.4 Å². The highest BCUT2D eigenvalue weighted by molar-refractivity contribution is 6.61. The minimum atomic E-state index is -2.92. The van der Waals surface area contributed by atoms with Gasteiger partial charge in [-0.3, -0.25) is 0 Å². The quantitative estimate of drug-likeness (QED) is 0.171. The van der Waals surface area contributed by atoms with Gasteiger partial charge in [-0.2, -0.15) is 0 Å². The first-order valence-corrected chi connectivity index (χ1v) is 18.3. The fourth-order valence-corrected chi connectivity index (χ4v) is 9.40. The minimum absolute atomic E-state index is 0.0442. The average molecular weight is 616 g/mol. The van der Waals surface area contributed by atoms with Crippen LogP contribution in [0.3, 0.4) is 0 Å². The zero-order valence-electron chi connectivity index (χ0n) is 24.6. The Hall–Kier alpha value is -1.30. The van der Waals surface area contributed by atoms with Crippen molar-refractivity contribution >= 4 is 26.4 Å². The molecule has 0 bridgehead atoms. The predicted molar refractivity (Wildman–Crippen MR) is 148 cm³/mol. The molecule has 0 aliphatic rings. The Morgan fingerprint density at radius 2 is 0.590 bits per heavy atom. The number of rotatable bonds is 21. The molecule has 0 aliphatic heterocycles. The van der Waals surface area contributed by atoms with E-state index in [1.807, 2.05) is 0 Å². The van der Waals surface area contributed by atoms with Gasteiger partial charge in [0.05, 0.1) is 0 Å². The van der Waals surface area contributed by atoms with Crippen molar-refractivity contribution in [1.29, 1.82) is 0 Å². The van der Waals surface area contributed by atoms with Crippen molar-refractivity contribution in [2.75, 3.05) is 64.0 Å². The Balaban J connectivity index is 3.37. The Labute approximate surface area is 232 Å². The van der Waals surface area contributed by atoms with Gasteiger partial charge in [-0.25, -0.2) is 28.1 Å². The monoisotopic (exact) mass is 615 g/mol. The second kappa shape index (κ2) is 16.8. The smallest absolute Gasteiger partial charge is 0.377 e. The van der Waals surface area contributed by atoms with Crippen molar-refractivity contribution < 1.29 is 39.8 Å². The van der Waals surface area contributed by atoms with Crippen molar-refractivity contribution in [1.82, 2.24) is 13.7 Å². The van der Waals surface area contributed by atoms with Crippen LogP contribution in [0.1, 0.15) is 19.3 Å². The third-order valence-corrected chi connectivity index (χ3v) is 15.3. The Morgan fingerprint density at radius 1 is 0.410 bits per heavy atom.